The molecule has 1 aromatic heterocycles. The Morgan fingerprint density at radius 2 is 1.64 bits per heavy atom. The zero-order valence-corrected chi connectivity index (χ0v) is 12.1. The molecule has 0 fully saturated rings. The molecule has 0 spiro atoms. The SMILES string of the molecule is Cc1ccc(-c2cc(-c3ccccc3)[nH]c(=O)c2C#N)cc1. The number of aromatic nitrogens is 1. The second kappa shape index (κ2) is 5.71. The van der Waals surface area contributed by atoms with Gasteiger partial charge in [-0.3, -0.25) is 4.79 Å². The number of H-pyrrole nitrogens is 1. The minimum Gasteiger partial charge on any atom is -0.321 e. The first kappa shape index (κ1) is 13.8. The molecule has 3 aromatic rings. The van der Waals surface area contributed by atoms with E-state index in [0.29, 0.717) is 11.3 Å². The monoisotopic (exact) mass is 286 g/mol. The number of nitrogens with one attached hydrogen (secondary N) is 1. The van der Waals surface area contributed by atoms with Gasteiger partial charge in [0.05, 0.1) is 0 Å². The summed E-state index contributed by atoms with van der Waals surface area (Å²) < 4.78 is 0. The first-order chi connectivity index (χ1) is 10.7. The molecule has 0 aliphatic rings. The summed E-state index contributed by atoms with van der Waals surface area (Å²) in [5, 5.41) is 9.31. The van der Waals surface area contributed by atoms with Crippen LogP contribution in [0.15, 0.2) is 65.5 Å². The smallest absolute Gasteiger partial charge is 0.266 e. The molecule has 0 amide bonds. The van der Waals surface area contributed by atoms with Gasteiger partial charge in [-0.2, -0.15) is 5.26 Å². The van der Waals surface area contributed by atoms with E-state index in [0.717, 1.165) is 16.7 Å². The highest BCUT2D eigenvalue weighted by molar-refractivity contribution is 5.75. The average Bonchev–Trinajstić information content (AvgIpc) is 2.55. The number of pyridine rings is 1. The van der Waals surface area contributed by atoms with E-state index in [9.17, 15) is 10.1 Å². The highest BCUT2D eigenvalue weighted by atomic mass is 16.1. The van der Waals surface area contributed by atoms with Crippen LogP contribution in [0.25, 0.3) is 22.4 Å². The van der Waals surface area contributed by atoms with Crippen molar-refractivity contribution in [2.24, 2.45) is 0 Å². The van der Waals surface area contributed by atoms with Crippen LogP contribution >= 0.6 is 0 Å². The third kappa shape index (κ3) is 2.55. The van der Waals surface area contributed by atoms with Gasteiger partial charge in [-0.1, -0.05) is 60.2 Å². The molecule has 3 nitrogen and oxygen atoms in total. The van der Waals surface area contributed by atoms with Crippen LogP contribution in [-0.2, 0) is 0 Å². The topological polar surface area (TPSA) is 56.6 Å². The first-order valence-electron chi connectivity index (χ1n) is 6.99. The molecule has 2 aromatic carbocycles. The number of aromatic amines is 1. The van der Waals surface area contributed by atoms with Crippen molar-refractivity contribution < 1.29 is 0 Å². The second-order valence-electron chi connectivity index (χ2n) is 5.14. The fourth-order valence-corrected chi connectivity index (χ4v) is 2.40. The molecule has 1 heterocycles. The van der Waals surface area contributed by atoms with Gasteiger partial charge < -0.3 is 4.98 Å². The van der Waals surface area contributed by atoms with Gasteiger partial charge in [-0.05, 0) is 24.1 Å². The van der Waals surface area contributed by atoms with Gasteiger partial charge in [0, 0.05) is 11.3 Å². The molecule has 3 rings (SSSR count). The van der Waals surface area contributed by atoms with E-state index < -0.39 is 0 Å². The number of rotatable bonds is 2. The van der Waals surface area contributed by atoms with Gasteiger partial charge in [-0.25, -0.2) is 0 Å². The lowest BCUT2D eigenvalue weighted by molar-refractivity contribution is 1.22. The Bertz CT molecular complexity index is 901. The van der Waals surface area contributed by atoms with Crippen LogP contribution in [0.1, 0.15) is 11.1 Å². The summed E-state index contributed by atoms with van der Waals surface area (Å²) in [7, 11) is 0. The molecule has 22 heavy (non-hydrogen) atoms. The zero-order chi connectivity index (χ0) is 15.5. The largest absolute Gasteiger partial charge is 0.321 e. The number of aryl methyl sites for hydroxylation is 1. The Kier molecular flexibility index (Phi) is 3.59. The standard InChI is InChI=1S/C19H14N2O/c1-13-7-9-14(10-8-13)16-11-18(15-5-3-2-4-6-15)21-19(22)17(16)12-20/h2-11H,1H3,(H,21,22). The second-order valence-corrected chi connectivity index (χ2v) is 5.14. The molecule has 0 aliphatic carbocycles. The maximum absolute atomic E-state index is 12.2. The Hall–Kier alpha value is -3.12. The summed E-state index contributed by atoms with van der Waals surface area (Å²) in [6.45, 7) is 2.00. The molecule has 1 N–H and O–H groups in total. The molecule has 0 atom stereocenters. The van der Waals surface area contributed by atoms with Crippen LogP contribution in [0, 0.1) is 18.3 Å². The Morgan fingerprint density at radius 1 is 0.955 bits per heavy atom. The Morgan fingerprint density at radius 3 is 2.27 bits per heavy atom. The fourth-order valence-electron chi connectivity index (χ4n) is 2.40. The van der Waals surface area contributed by atoms with Crippen molar-refractivity contribution in [2.75, 3.05) is 0 Å². The molecule has 3 heteroatoms. The normalized spacial score (nSPS) is 10.2. The minimum atomic E-state index is -0.362. The van der Waals surface area contributed by atoms with E-state index in [-0.39, 0.29) is 11.1 Å². The van der Waals surface area contributed by atoms with Gasteiger partial charge in [0.1, 0.15) is 11.6 Å². The Labute approximate surface area is 128 Å². The van der Waals surface area contributed by atoms with Crippen LogP contribution in [0.4, 0.5) is 0 Å². The van der Waals surface area contributed by atoms with Crippen molar-refractivity contribution >= 4 is 0 Å². The van der Waals surface area contributed by atoms with E-state index in [1.54, 1.807) is 0 Å². The lowest BCUT2D eigenvalue weighted by atomic mass is 9.98. The summed E-state index contributed by atoms with van der Waals surface area (Å²) >= 11 is 0. The van der Waals surface area contributed by atoms with Crippen molar-refractivity contribution in [3.05, 3.63) is 82.1 Å². The van der Waals surface area contributed by atoms with Gasteiger partial charge in [-0.15, -0.1) is 0 Å². The number of nitrogens with zero attached hydrogens (tertiary/aromatic N) is 1. The van der Waals surface area contributed by atoms with Gasteiger partial charge in [0.25, 0.3) is 5.56 Å². The van der Waals surface area contributed by atoms with E-state index in [1.807, 2.05) is 73.7 Å². The number of hydrogen-bond acceptors (Lipinski definition) is 2. The molecule has 0 bridgehead atoms. The summed E-state index contributed by atoms with van der Waals surface area (Å²) in [6.07, 6.45) is 0. The highest BCUT2D eigenvalue weighted by Crippen LogP contribution is 2.26. The number of benzene rings is 2. The van der Waals surface area contributed by atoms with Crippen molar-refractivity contribution in [1.82, 2.24) is 4.98 Å². The van der Waals surface area contributed by atoms with Crippen LogP contribution in [0.3, 0.4) is 0 Å². The predicted octanol–water partition coefficient (Wildman–Crippen LogP) is 3.89. The summed E-state index contributed by atoms with van der Waals surface area (Å²) in [5.41, 5.74) is 4.06. The van der Waals surface area contributed by atoms with Crippen LogP contribution in [-0.4, -0.2) is 4.98 Å². The third-order valence-electron chi connectivity index (χ3n) is 3.59. The van der Waals surface area contributed by atoms with E-state index in [2.05, 4.69) is 4.98 Å². The minimum absolute atomic E-state index is 0.142. The molecule has 106 valence electrons. The molecular weight excluding hydrogens is 272 g/mol. The van der Waals surface area contributed by atoms with Crippen LogP contribution in [0.2, 0.25) is 0 Å². The number of hydrogen-bond donors (Lipinski definition) is 1. The van der Waals surface area contributed by atoms with Gasteiger partial charge in [0.2, 0.25) is 0 Å². The van der Waals surface area contributed by atoms with E-state index in [1.165, 1.54) is 0 Å². The fraction of sp³-hybridized carbons (Fsp3) is 0.0526. The van der Waals surface area contributed by atoms with Crippen molar-refractivity contribution in [2.45, 2.75) is 6.92 Å². The summed E-state index contributed by atoms with van der Waals surface area (Å²) in [6, 6.07) is 21.3. The zero-order valence-electron chi connectivity index (χ0n) is 12.1. The van der Waals surface area contributed by atoms with Gasteiger partial charge >= 0.3 is 0 Å². The summed E-state index contributed by atoms with van der Waals surface area (Å²) in [4.78, 5) is 15.0. The maximum atomic E-state index is 12.2. The van der Waals surface area contributed by atoms with E-state index in [4.69, 9.17) is 0 Å². The Balaban J connectivity index is 2.24. The predicted molar refractivity (Wildman–Crippen MR) is 87.4 cm³/mol. The quantitative estimate of drug-likeness (QED) is 0.777. The first-order valence-corrected chi connectivity index (χ1v) is 6.99. The lowest BCUT2D eigenvalue weighted by Crippen LogP contribution is -2.12. The molecule has 0 unspecified atom stereocenters. The highest BCUT2D eigenvalue weighted by Gasteiger charge is 2.12. The molecule has 0 saturated heterocycles. The van der Waals surface area contributed by atoms with E-state index >= 15 is 0 Å². The third-order valence-corrected chi connectivity index (χ3v) is 3.59. The van der Waals surface area contributed by atoms with Crippen molar-refractivity contribution in [3.8, 4) is 28.5 Å². The van der Waals surface area contributed by atoms with Crippen LogP contribution < -0.4 is 5.56 Å². The molecule has 0 saturated carbocycles. The molecular formula is C19H14N2O. The van der Waals surface area contributed by atoms with Crippen molar-refractivity contribution in [3.63, 3.8) is 0 Å². The lowest BCUT2D eigenvalue weighted by Gasteiger charge is -2.08. The van der Waals surface area contributed by atoms with Gasteiger partial charge in [0.15, 0.2) is 0 Å². The average molecular weight is 286 g/mol. The maximum Gasteiger partial charge on any atom is 0.266 e. The molecule has 0 aliphatic heterocycles. The van der Waals surface area contributed by atoms with Crippen molar-refractivity contribution in [1.29, 1.82) is 5.26 Å². The summed E-state index contributed by atoms with van der Waals surface area (Å²) in [5.74, 6) is 0. The molecule has 0 radical (unpaired) electrons. The van der Waals surface area contributed by atoms with Crippen LogP contribution in [0.5, 0.6) is 0 Å². The number of nitriles is 1.